The highest BCUT2D eigenvalue weighted by atomic mass is 16.4. The smallest absolute Gasteiger partial charge is 0.326 e. The Balaban J connectivity index is 2.64. The zero-order valence-electron chi connectivity index (χ0n) is 11.3. The Hall–Kier alpha value is -2.04. The van der Waals surface area contributed by atoms with Crippen LogP contribution in [0, 0.1) is 0 Å². The molecule has 1 aromatic rings. The minimum absolute atomic E-state index is 0.132. The van der Waals surface area contributed by atoms with Gasteiger partial charge in [0, 0.05) is 18.3 Å². The predicted molar refractivity (Wildman–Crippen MR) is 75.3 cm³/mol. The molecule has 1 atom stereocenters. The first-order valence-corrected chi connectivity index (χ1v) is 6.40. The predicted octanol–water partition coefficient (Wildman–Crippen LogP) is 2.70. The van der Waals surface area contributed by atoms with E-state index < -0.39 is 12.0 Å². The first kappa shape index (κ1) is 15.0. The van der Waals surface area contributed by atoms with Gasteiger partial charge in [-0.1, -0.05) is 19.8 Å². The van der Waals surface area contributed by atoms with E-state index in [2.05, 4.69) is 10.6 Å². The molecule has 0 aliphatic rings. The molecule has 0 fully saturated rings. The second kappa shape index (κ2) is 7.41. The fraction of sp³-hybridized carbons (Fsp3) is 0.429. The Morgan fingerprint density at radius 2 is 1.79 bits per heavy atom. The molecule has 1 unspecified atom stereocenters. The summed E-state index contributed by atoms with van der Waals surface area (Å²) in [6.45, 7) is 3.47. The lowest BCUT2D eigenvalue weighted by Gasteiger charge is -2.15. The zero-order valence-corrected chi connectivity index (χ0v) is 11.3. The molecule has 1 amide bonds. The van der Waals surface area contributed by atoms with Crippen LogP contribution in [0.3, 0.4) is 0 Å². The lowest BCUT2D eigenvalue weighted by atomic mass is 10.1. The fourth-order valence-electron chi connectivity index (χ4n) is 1.72. The molecule has 0 saturated carbocycles. The summed E-state index contributed by atoms with van der Waals surface area (Å²) >= 11 is 0. The number of amides is 1. The van der Waals surface area contributed by atoms with Crippen molar-refractivity contribution in [1.82, 2.24) is 0 Å². The number of carboxylic acids is 1. The van der Waals surface area contributed by atoms with Gasteiger partial charge in [-0.15, -0.1) is 0 Å². The quantitative estimate of drug-likeness (QED) is 0.707. The molecule has 1 rings (SSSR count). The van der Waals surface area contributed by atoms with Crippen LogP contribution in [-0.4, -0.2) is 23.0 Å². The first-order chi connectivity index (χ1) is 9.02. The maximum atomic E-state index is 11.1. The molecular weight excluding hydrogens is 244 g/mol. The van der Waals surface area contributed by atoms with E-state index in [-0.39, 0.29) is 5.91 Å². The molecule has 0 heterocycles. The van der Waals surface area contributed by atoms with Crippen LogP contribution < -0.4 is 10.6 Å². The molecule has 0 aromatic heterocycles. The molecule has 1 aromatic carbocycles. The average molecular weight is 264 g/mol. The van der Waals surface area contributed by atoms with E-state index in [4.69, 9.17) is 5.11 Å². The normalized spacial score (nSPS) is 11.7. The zero-order chi connectivity index (χ0) is 14.3. The molecule has 0 aliphatic heterocycles. The number of carbonyl (C=O) groups is 2. The van der Waals surface area contributed by atoms with E-state index >= 15 is 0 Å². The van der Waals surface area contributed by atoms with Gasteiger partial charge in [-0.05, 0) is 30.7 Å². The monoisotopic (exact) mass is 264 g/mol. The summed E-state index contributed by atoms with van der Waals surface area (Å²) in [4.78, 5) is 22.0. The molecule has 3 N–H and O–H groups in total. The number of rotatable bonds is 7. The van der Waals surface area contributed by atoms with Crippen LogP contribution >= 0.6 is 0 Å². The third-order valence-electron chi connectivity index (χ3n) is 2.69. The lowest BCUT2D eigenvalue weighted by Crippen LogP contribution is -2.29. The number of nitrogens with one attached hydrogen (secondary N) is 2. The highest BCUT2D eigenvalue weighted by Crippen LogP contribution is 2.16. The highest BCUT2D eigenvalue weighted by Gasteiger charge is 2.16. The van der Waals surface area contributed by atoms with Crippen LogP contribution in [0.2, 0.25) is 0 Å². The Morgan fingerprint density at radius 1 is 1.21 bits per heavy atom. The number of hydrogen-bond donors (Lipinski definition) is 3. The molecule has 0 radical (unpaired) electrons. The van der Waals surface area contributed by atoms with Gasteiger partial charge in [0.15, 0.2) is 0 Å². The number of carbonyl (C=O) groups excluding carboxylic acids is 1. The van der Waals surface area contributed by atoms with Crippen molar-refractivity contribution in [2.24, 2.45) is 0 Å². The molecule has 104 valence electrons. The Bertz CT molecular complexity index is 429. The van der Waals surface area contributed by atoms with Crippen molar-refractivity contribution < 1.29 is 14.7 Å². The van der Waals surface area contributed by atoms with Crippen molar-refractivity contribution in [1.29, 1.82) is 0 Å². The number of benzene rings is 1. The van der Waals surface area contributed by atoms with Gasteiger partial charge in [0.1, 0.15) is 6.04 Å². The minimum Gasteiger partial charge on any atom is -0.480 e. The van der Waals surface area contributed by atoms with Gasteiger partial charge < -0.3 is 15.7 Å². The van der Waals surface area contributed by atoms with Crippen molar-refractivity contribution in [3.8, 4) is 0 Å². The largest absolute Gasteiger partial charge is 0.480 e. The molecule has 19 heavy (non-hydrogen) atoms. The second-order valence-corrected chi connectivity index (χ2v) is 4.44. The standard InChI is InChI=1S/C14H20N2O3/c1-3-4-5-13(14(18)19)16-12-8-6-11(7-9-12)15-10(2)17/h6-9,13,16H,3-5H2,1-2H3,(H,15,17)(H,18,19). The molecule has 0 bridgehead atoms. The van der Waals surface area contributed by atoms with Gasteiger partial charge in [0.05, 0.1) is 0 Å². The summed E-state index contributed by atoms with van der Waals surface area (Å²) < 4.78 is 0. The first-order valence-electron chi connectivity index (χ1n) is 6.40. The molecule has 5 heteroatoms. The van der Waals surface area contributed by atoms with Crippen LogP contribution in [0.1, 0.15) is 33.1 Å². The van der Waals surface area contributed by atoms with Gasteiger partial charge in [0.25, 0.3) is 0 Å². The number of aliphatic carboxylic acids is 1. The van der Waals surface area contributed by atoms with Gasteiger partial charge in [-0.25, -0.2) is 4.79 Å². The van der Waals surface area contributed by atoms with E-state index in [1.54, 1.807) is 24.3 Å². The highest BCUT2D eigenvalue weighted by molar-refractivity contribution is 5.88. The van der Waals surface area contributed by atoms with Gasteiger partial charge in [-0.2, -0.15) is 0 Å². The van der Waals surface area contributed by atoms with Crippen LogP contribution in [0.4, 0.5) is 11.4 Å². The van der Waals surface area contributed by atoms with E-state index in [0.29, 0.717) is 12.1 Å². The van der Waals surface area contributed by atoms with Crippen LogP contribution in [0.5, 0.6) is 0 Å². The Morgan fingerprint density at radius 3 is 2.26 bits per heavy atom. The van der Waals surface area contributed by atoms with Crippen molar-refractivity contribution in [2.45, 2.75) is 39.2 Å². The van der Waals surface area contributed by atoms with Gasteiger partial charge in [-0.3, -0.25) is 4.79 Å². The van der Waals surface area contributed by atoms with E-state index in [1.807, 2.05) is 6.92 Å². The molecule has 0 spiro atoms. The SMILES string of the molecule is CCCCC(Nc1ccc(NC(C)=O)cc1)C(=O)O. The molecule has 0 aliphatic carbocycles. The average Bonchev–Trinajstić information content (AvgIpc) is 2.35. The maximum Gasteiger partial charge on any atom is 0.326 e. The van der Waals surface area contributed by atoms with Gasteiger partial charge >= 0.3 is 5.97 Å². The van der Waals surface area contributed by atoms with Crippen LogP contribution in [-0.2, 0) is 9.59 Å². The topological polar surface area (TPSA) is 78.4 Å². The number of anilines is 2. The minimum atomic E-state index is -0.848. The van der Waals surface area contributed by atoms with Crippen molar-refractivity contribution in [3.05, 3.63) is 24.3 Å². The van der Waals surface area contributed by atoms with Gasteiger partial charge in [0.2, 0.25) is 5.91 Å². The van der Waals surface area contributed by atoms with Crippen LogP contribution in [0.25, 0.3) is 0 Å². The van der Waals surface area contributed by atoms with E-state index in [0.717, 1.165) is 18.5 Å². The fourth-order valence-corrected chi connectivity index (χ4v) is 1.72. The van der Waals surface area contributed by atoms with E-state index in [9.17, 15) is 9.59 Å². The maximum absolute atomic E-state index is 11.1. The number of unbranched alkanes of at least 4 members (excludes halogenated alkanes) is 1. The molecule has 0 saturated heterocycles. The van der Waals surface area contributed by atoms with Crippen molar-refractivity contribution in [2.75, 3.05) is 10.6 Å². The second-order valence-electron chi connectivity index (χ2n) is 4.44. The third-order valence-corrected chi connectivity index (χ3v) is 2.69. The summed E-state index contributed by atoms with van der Waals surface area (Å²) in [5.41, 5.74) is 1.43. The van der Waals surface area contributed by atoms with Crippen LogP contribution in [0.15, 0.2) is 24.3 Å². The number of hydrogen-bond acceptors (Lipinski definition) is 3. The Labute approximate surface area is 113 Å². The summed E-state index contributed by atoms with van der Waals surface area (Å²) in [5, 5.41) is 14.8. The Kier molecular flexibility index (Phi) is 5.85. The van der Waals surface area contributed by atoms with Crippen molar-refractivity contribution in [3.63, 3.8) is 0 Å². The summed E-state index contributed by atoms with van der Waals surface area (Å²) in [6.07, 6.45) is 2.43. The summed E-state index contributed by atoms with van der Waals surface area (Å²) in [5.74, 6) is -0.980. The summed E-state index contributed by atoms with van der Waals surface area (Å²) in [7, 11) is 0. The third kappa shape index (κ3) is 5.42. The van der Waals surface area contributed by atoms with E-state index in [1.165, 1.54) is 6.92 Å². The lowest BCUT2D eigenvalue weighted by molar-refractivity contribution is -0.138. The molecule has 5 nitrogen and oxygen atoms in total. The summed E-state index contributed by atoms with van der Waals surface area (Å²) in [6, 6.07) is 6.41. The number of carboxylic acid groups (broad SMARTS) is 1. The van der Waals surface area contributed by atoms with Crippen molar-refractivity contribution >= 4 is 23.3 Å². The molecular formula is C14H20N2O3.